The molecule has 2 rings (SSSR count). The first kappa shape index (κ1) is 16.2. The number of nitrogens with one attached hydrogen (secondary N) is 1. The lowest BCUT2D eigenvalue weighted by molar-refractivity contribution is 0.188. The van der Waals surface area contributed by atoms with Crippen molar-refractivity contribution >= 4 is 10.0 Å². The maximum atomic E-state index is 12.2. The van der Waals surface area contributed by atoms with Crippen molar-refractivity contribution in [3.8, 4) is 0 Å². The van der Waals surface area contributed by atoms with E-state index in [4.69, 9.17) is 5.73 Å². The summed E-state index contributed by atoms with van der Waals surface area (Å²) in [4.78, 5) is 2.37. The zero-order valence-corrected chi connectivity index (χ0v) is 13.1. The monoisotopic (exact) mass is 304 g/mol. The van der Waals surface area contributed by atoms with Gasteiger partial charge in [-0.15, -0.1) is 0 Å². The summed E-state index contributed by atoms with van der Waals surface area (Å²) in [5.41, 5.74) is 5.68. The molecule has 0 bridgehead atoms. The molecule has 0 radical (unpaired) electrons. The van der Waals surface area contributed by atoms with Gasteiger partial charge >= 0.3 is 0 Å². The molecule has 0 aromatic heterocycles. The number of sulfonamides is 1. The topological polar surface area (TPSA) is 78.7 Å². The highest BCUT2D eigenvalue weighted by molar-refractivity contribution is 7.89. The largest absolute Gasteiger partial charge is 0.330 e. The Morgan fingerprint density at radius 3 is 2.35 bits per heavy atom. The number of piperidine rings is 1. The van der Waals surface area contributed by atoms with Crippen LogP contribution in [0.3, 0.4) is 0 Å². The van der Waals surface area contributed by atoms with Crippen molar-refractivity contribution in [3.63, 3.8) is 0 Å². The number of piperazine rings is 1. The van der Waals surface area contributed by atoms with Gasteiger partial charge in [0.1, 0.15) is 0 Å². The van der Waals surface area contributed by atoms with Crippen LogP contribution in [0.4, 0.5) is 0 Å². The molecule has 2 heterocycles. The first-order chi connectivity index (χ1) is 9.62. The average Bonchev–Trinajstić information content (AvgIpc) is 2.49. The van der Waals surface area contributed by atoms with Crippen molar-refractivity contribution in [1.82, 2.24) is 14.5 Å². The molecule has 2 fully saturated rings. The number of nitrogens with zero attached hydrogens (tertiary/aromatic N) is 2. The van der Waals surface area contributed by atoms with Crippen molar-refractivity contribution in [2.45, 2.75) is 19.3 Å². The fourth-order valence-corrected chi connectivity index (χ4v) is 4.46. The minimum Gasteiger partial charge on any atom is -0.330 e. The zero-order chi connectivity index (χ0) is 14.4. The van der Waals surface area contributed by atoms with Crippen LogP contribution in [0.5, 0.6) is 0 Å². The Bertz CT molecular complexity index is 374. The Hall–Kier alpha value is -0.210. The van der Waals surface area contributed by atoms with E-state index in [1.54, 1.807) is 4.31 Å². The molecular formula is C13H28N4O2S. The molecule has 0 spiro atoms. The summed E-state index contributed by atoms with van der Waals surface area (Å²) in [6, 6.07) is 0. The Morgan fingerprint density at radius 1 is 1.10 bits per heavy atom. The van der Waals surface area contributed by atoms with Gasteiger partial charge in [-0.1, -0.05) is 0 Å². The summed E-state index contributed by atoms with van der Waals surface area (Å²) in [6.07, 6.45) is 3.04. The summed E-state index contributed by atoms with van der Waals surface area (Å²) in [6.45, 7) is 6.57. The minimum absolute atomic E-state index is 0.282. The second-order valence-electron chi connectivity index (χ2n) is 5.84. The van der Waals surface area contributed by atoms with Crippen molar-refractivity contribution in [2.75, 3.05) is 58.1 Å². The molecule has 20 heavy (non-hydrogen) atoms. The highest BCUT2D eigenvalue weighted by atomic mass is 32.2. The first-order valence-electron chi connectivity index (χ1n) is 7.73. The Labute approximate surface area is 122 Å². The van der Waals surface area contributed by atoms with E-state index in [2.05, 4.69) is 10.2 Å². The predicted molar refractivity (Wildman–Crippen MR) is 81.1 cm³/mol. The first-order valence-corrected chi connectivity index (χ1v) is 9.33. The molecule has 2 saturated heterocycles. The molecule has 3 N–H and O–H groups in total. The van der Waals surface area contributed by atoms with Crippen LogP contribution in [0, 0.1) is 5.92 Å². The van der Waals surface area contributed by atoms with Crippen LogP contribution in [-0.4, -0.2) is 75.7 Å². The number of likely N-dealkylation sites (tertiary alicyclic amines) is 1. The summed E-state index contributed by atoms with van der Waals surface area (Å²) in [7, 11) is -3.05. The molecule has 2 aliphatic heterocycles. The molecule has 7 heteroatoms. The molecule has 0 aromatic rings. The van der Waals surface area contributed by atoms with Crippen LogP contribution >= 0.6 is 0 Å². The zero-order valence-electron chi connectivity index (χ0n) is 12.3. The second kappa shape index (κ2) is 7.70. The van der Waals surface area contributed by atoms with Crippen LogP contribution in [0.15, 0.2) is 0 Å². The number of rotatable bonds is 6. The van der Waals surface area contributed by atoms with E-state index < -0.39 is 10.0 Å². The molecule has 0 atom stereocenters. The lowest BCUT2D eigenvalue weighted by Crippen LogP contribution is -2.47. The summed E-state index contributed by atoms with van der Waals surface area (Å²) in [5.74, 6) is 0.944. The number of hydrogen-bond donors (Lipinski definition) is 2. The van der Waals surface area contributed by atoms with E-state index in [0.717, 1.165) is 58.5 Å². The Morgan fingerprint density at radius 2 is 1.75 bits per heavy atom. The normalized spacial score (nSPS) is 24.1. The van der Waals surface area contributed by atoms with Gasteiger partial charge in [-0.3, -0.25) is 0 Å². The third-order valence-electron chi connectivity index (χ3n) is 4.39. The number of hydrogen-bond acceptors (Lipinski definition) is 5. The predicted octanol–water partition coefficient (Wildman–Crippen LogP) is -0.718. The van der Waals surface area contributed by atoms with Crippen molar-refractivity contribution < 1.29 is 8.42 Å². The molecule has 2 aliphatic rings. The summed E-state index contributed by atoms with van der Waals surface area (Å²) in [5, 5.41) is 3.18. The highest BCUT2D eigenvalue weighted by Gasteiger charge is 2.24. The van der Waals surface area contributed by atoms with Crippen molar-refractivity contribution in [3.05, 3.63) is 0 Å². The van der Waals surface area contributed by atoms with E-state index >= 15 is 0 Å². The molecule has 118 valence electrons. The van der Waals surface area contributed by atoms with Gasteiger partial charge in [0.2, 0.25) is 10.0 Å². The lowest BCUT2D eigenvalue weighted by Gasteiger charge is -2.31. The summed E-state index contributed by atoms with van der Waals surface area (Å²) >= 11 is 0. The van der Waals surface area contributed by atoms with Gasteiger partial charge in [0.25, 0.3) is 0 Å². The Balaban J connectivity index is 1.67. The van der Waals surface area contributed by atoms with Gasteiger partial charge in [-0.25, -0.2) is 8.42 Å². The van der Waals surface area contributed by atoms with Gasteiger partial charge in [0.15, 0.2) is 0 Å². The maximum absolute atomic E-state index is 12.2. The van der Waals surface area contributed by atoms with E-state index in [-0.39, 0.29) is 5.75 Å². The molecule has 0 saturated carbocycles. The van der Waals surface area contributed by atoms with Crippen LogP contribution < -0.4 is 11.1 Å². The van der Waals surface area contributed by atoms with E-state index in [1.165, 1.54) is 0 Å². The third-order valence-corrected chi connectivity index (χ3v) is 6.34. The average molecular weight is 304 g/mol. The molecule has 0 amide bonds. The van der Waals surface area contributed by atoms with Crippen molar-refractivity contribution in [2.24, 2.45) is 11.7 Å². The molecule has 0 unspecified atom stereocenters. The van der Waals surface area contributed by atoms with Crippen LogP contribution in [0.2, 0.25) is 0 Å². The van der Waals surface area contributed by atoms with Gasteiger partial charge in [-0.2, -0.15) is 4.31 Å². The van der Waals surface area contributed by atoms with E-state index in [9.17, 15) is 8.42 Å². The molecule has 6 nitrogen and oxygen atoms in total. The van der Waals surface area contributed by atoms with Crippen LogP contribution in [-0.2, 0) is 10.0 Å². The fourth-order valence-electron chi connectivity index (χ4n) is 2.97. The smallest absolute Gasteiger partial charge is 0.214 e. The van der Waals surface area contributed by atoms with E-state index in [1.807, 2.05) is 0 Å². The van der Waals surface area contributed by atoms with Gasteiger partial charge in [-0.05, 0) is 51.4 Å². The van der Waals surface area contributed by atoms with Gasteiger partial charge in [0.05, 0.1) is 5.75 Å². The van der Waals surface area contributed by atoms with Gasteiger partial charge < -0.3 is 16.0 Å². The maximum Gasteiger partial charge on any atom is 0.214 e. The number of nitrogens with two attached hydrogens (primary N) is 1. The van der Waals surface area contributed by atoms with Crippen molar-refractivity contribution in [1.29, 1.82) is 0 Å². The third kappa shape index (κ3) is 4.66. The molecule has 0 aromatic carbocycles. The van der Waals surface area contributed by atoms with Crippen LogP contribution in [0.25, 0.3) is 0 Å². The standard InChI is InChI=1S/C13H28N4O2S/c14-12-13-2-7-16(8-3-13)6-1-11-20(18,19)17-9-4-15-5-10-17/h13,15H,1-12,14H2. The quantitative estimate of drug-likeness (QED) is 0.677. The molecule has 0 aliphatic carbocycles. The minimum atomic E-state index is -3.05. The van der Waals surface area contributed by atoms with Crippen LogP contribution in [0.1, 0.15) is 19.3 Å². The van der Waals surface area contributed by atoms with Gasteiger partial charge in [0, 0.05) is 26.2 Å². The van der Waals surface area contributed by atoms with E-state index in [0.29, 0.717) is 19.0 Å². The SMILES string of the molecule is NCC1CCN(CCCS(=O)(=O)N2CCNCC2)CC1. The molecular weight excluding hydrogens is 276 g/mol. The second-order valence-corrected chi connectivity index (χ2v) is 7.93. The fraction of sp³-hybridized carbons (Fsp3) is 1.00. The highest BCUT2D eigenvalue weighted by Crippen LogP contribution is 2.16. The Kier molecular flexibility index (Phi) is 6.22. The summed E-state index contributed by atoms with van der Waals surface area (Å²) < 4.78 is 26.0. The lowest BCUT2D eigenvalue weighted by atomic mass is 9.97.